The van der Waals surface area contributed by atoms with Crippen molar-refractivity contribution in [3.8, 4) is 0 Å². The molecule has 0 amide bonds. The van der Waals surface area contributed by atoms with Crippen LogP contribution in [-0.2, 0) is 4.74 Å². The summed E-state index contributed by atoms with van der Waals surface area (Å²) >= 11 is 3.58. The molecule has 1 unspecified atom stereocenters. The van der Waals surface area contributed by atoms with Crippen LogP contribution in [0.15, 0.2) is 35.3 Å². The van der Waals surface area contributed by atoms with Crippen molar-refractivity contribution in [3.63, 3.8) is 0 Å². The average molecular weight is 355 g/mol. The zero-order chi connectivity index (χ0) is 15.7. The summed E-state index contributed by atoms with van der Waals surface area (Å²) in [4.78, 5) is 2.31. The highest BCUT2D eigenvalue weighted by molar-refractivity contribution is 9.10. The molecule has 4 heteroatoms. The van der Waals surface area contributed by atoms with Gasteiger partial charge < -0.3 is 15.0 Å². The van der Waals surface area contributed by atoms with E-state index in [0.717, 1.165) is 30.5 Å². The molecule has 0 saturated heterocycles. The fourth-order valence-corrected chi connectivity index (χ4v) is 2.68. The molecule has 21 heavy (non-hydrogen) atoms. The minimum absolute atomic E-state index is 0.312. The molecule has 0 saturated carbocycles. The number of rotatable bonds is 10. The minimum Gasteiger partial charge on any atom is -0.383 e. The van der Waals surface area contributed by atoms with Gasteiger partial charge >= 0.3 is 0 Å². The Bertz CT molecular complexity index is 437. The number of anilines is 1. The molecular weight excluding hydrogens is 328 g/mol. The molecule has 1 N–H and O–H groups in total. The van der Waals surface area contributed by atoms with Gasteiger partial charge in [0.15, 0.2) is 0 Å². The first kappa shape index (κ1) is 18.2. The number of nitrogens with one attached hydrogen (secondary N) is 1. The highest BCUT2D eigenvalue weighted by Gasteiger charge is 2.15. The largest absolute Gasteiger partial charge is 0.383 e. The molecule has 0 fully saturated rings. The summed E-state index contributed by atoms with van der Waals surface area (Å²) in [7, 11) is 1.74. The maximum atomic E-state index is 5.23. The first-order chi connectivity index (χ1) is 10.1. The van der Waals surface area contributed by atoms with Crippen LogP contribution in [0.2, 0.25) is 0 Å². The zero-order valence-electron chi connectivity index (χ0n) is 13.4. The number of nitrogens with zero attached hydrogens (tertiary/aromatic N) is 1. The van der Waals surface area contributed by atoms with Gasteiger partial charge in [0.25, 0.3) is 0 Å². The van der Waals surface area contributed by atoms with E-state index < -0.39 is 0 Å². The van der Waals surface area contributed by atoms with E-state index in [4.69, 9.17) is 4.74 Å². The Morgan fingerprint density at radius 2 is 2.24 bits per heavy atom. The van der Waals surface area contributed by atoms with E-state index in [1.165, 1.54) is 11.3 Å². The highest BCUT2D eigenvalue weighted by atomic mass is 79.9. The van der Waals surface area contributed by atoms with Crippen molar-refractivity contribution in [3.05, 3.63) is 40.9 Å². The van der Waals surface area contributed by atoms with E-state index in [-0.39, 0.29) is 0 Å². The number of ether oxygens (including phenoxy) is 1. The smallest absolute Gasteiger partial charge is 0.0637 e. The van der Waals surface area contributed by atoms with E-state index in [1.54, 1.807) is 7.11 Å². The number of hydrogen-bond donors (Lipinski definition) is 1. The predicted molar refractivity (Wildman–Crippen MR) is 95.1 cm³/mol. The van der Waals surface area contributed by atoms with Crippen LogP contribution < -0.4 is 10.2 Å². The van der Waals surface area contributed by atoms with Crippen LogP contribution in [0.1, 0.15) is 31.9 Å². The molecule has 1 atom stereocenters. The molecule has 1 rings (SSSR count). The molecule has 0 aliphatic heterocycles. The lowest BCUT2D eigenvalue weighted by molar-refractivity contribution is 0.205. The zero-order valence-corrected chi connectivity index (χ0v) is 14.9. The van der Waals surface area contributed by atoms with Crippen molar-refractivity contribution in [2.45, 2.75) is 26.3 Å². The second-order valence-electron chi connectivity index (χ2n) is 5.11. The summed E-state index contributed by atoms with van der Waals surface area (Å²) in [5, 5.41) is 3.56. The Hall–Kier alpha value is -0.840. The molecule has 0 aliphatic carbocycles. The highest BCUT2D eigenvalue weighted by Crippen LogP contribution is 2.29. The molecule has 0 heterocycles. The van der Waals surface area contributed by atoms with E-state index in [9.17, 15) is 0 Å². The van der Waals surface area contributed by atoms with Crippen LogP contribution in [0.4, 0.5) is 5.69 Å². The standard InChI is InChI=1S/C17H27BrN2O/c1-5-9-19-14(3)16-13-15(18)7-8-17(16)20(10-6-2)11-12-21-4/h6-8,13-14,19H,2,5,9-12H2,1,3-4H3. The molecule has 0 spiro atoms. The van der Waals surface area contributed by atoms with Crippen LogP contribution in [0.3, 0.4) is 0 Å². The van der Waals surface area contributed by atoms with Crippen molar-refractivity contribution < 1.29 is 4.74 Å². The maximum absolute atomic E-state index is 5.23. The number of halogens is 1. The summed E-state index contributed by atoms with van der Waals surface area (Å²) in [6, 6.07) is 6.77. The first-order valence-electron chi connectivity index (χ1n) is 7.51. The van der Waals surface area contributed by atoms with Gasteiger partial charge in [0.1, 0.15) is 0 Å². The topological polar surface area (TPSA) is 24.5 Å². The lowest BCUT2D eigenvalue weighted by atomic mass is 10.0. The van der Waals surface area contributed by atoms with E-state index in [0.29, 0.717) is 12.6 Å². The van der Waals surface area contributed by atoms with Crippen LogP contribution in [0.5, 0.6) is 0 Å². The first-order valence-corrected chi connectivity index (χ1v) is 8.30. The van der Waals surface area contributed by atoms with Crippen molar-refractivity contribution >= 4 is 21.6 Å². The Kier molecular flexibility index (Phi) is 8.66. The molecular formula is C17H27BrN2O. The summed E-state index contributed by atoms with van der Waals surface area (Å²) < 4.78 is 6.34. The van der Waals surface area contributed by atoms with E-state index in [2.05, 4.69) is 64.8 Å². The molecule has 0 aliphatic rings. The van der Waals surface area contributed by atoms with Gasteiger partial charge in [0.2, 0.25) is 0 Å². The number of hydrogen-bond acceptors (Lipinski definition) is 3. The summed E-state index contributed by atoms with van der Waals surface area (Å²) in [6.45, 7) is 11.7. The van der Waals surface area contributed by atoms with E-state index in [1.807, 2.05) is 6.08 Å². The van der Waals surface area contributed by atoms with Gasteiger partial charge in [-0.25, -0.2) is 0 Å². The summed E-state index contributed by atoms with van der Waals surface area (Å²) in [5.41, 5.74) is 2.54. The Morgan fingerprint density at radius 1 is 1.48 bits per heavy atom. The second kappa shape index (κ2) is 9.98. The van der Waals surface area contributed by atoms with Gasteiger partial charge in [0.05, 0.1) is 6.61 Å². The molecule has 0 aromatic heterocycles. The Morgan fingerprint density at radius 3 is 2.86 bits per heavy atom. The molecule has 3 nitrogen and oxygen atoms in total. The summed E-state index contributed by atoms with van der Waals surface area (Å²) in [5.74, 6) is 0. The van der Waals surface area contributed by atoms with Gasteiger partial charge in [-0.15, -0.1) is 6.58 Å². The average Bonchev–Trinajstić information content (AvgIpc) is 2.49. The number of benzene rings is 1. The fourth-order valence-electron chi connectivity index (χ4n) is 2.30. The molecule has 118 valence electrons. The SMILES string of the molecule is C=CCN(CCOC)c1ccc(Br)cc1C(C)NCCC. The molecule has 1 aromatic carbocycles. The van der Waals surface area contributed by atoms with Gasteiger partial charge in [-0.3, -0.25) is 0 Å². The lowest BCUT2D eigenvalue weighted by Gasteiger charge is -2.28. The van der Waals surface area contributed by atoms with Crippen LogP contribution in [0, 0.1) is 0 Å². The van der Waals surface area contributed by atoms with Crippen molar-refractivity contribution in [2.24, 2.45) is 0 Å². The van der Waals surface area contributed by atoms with Crippen molar-refractivity contribution in [2.75, 3.05) is 38.3 Å². The fraction of sp³-hybridized carbons (Fsp3) is 0.529. The maximum Gasteiger partial charge on any atom is 0.0637 e. The van der Waals surface area contributed by atoms with Gasteiger partial charge in [-0.1, -0.05) is 28.9 Å². The van der Waals surface area contributed by atoms with Crippen LogP contribution >= 0.6 is 15.9 Å². The van der Waals surface area contributed by atoms with Crippen LogP contribution in [0.25, 0.3) is 0 Å². The normalized spacial score (nSPS) is 12.2. The Labute approximate surface area is 137 Å². The van der Waals surface area contributed by atoms with Gasteiger partial charge in [0, 0.05) is 36.4 Å². The third kappa shape index (κ3) is 5.81. The monoisotopic (exact) mass is 354 g/mol. The van der Waals surface area contributed by atoms with E-state index >= 15 is 0 Å². The third-order valence-electron chi connectivity index (χ3n) is 3.41. The Balaban J connectivity index is 3.03. The minimum atomic E-state index is 0.312. The second-order valence-corrected chi connectivity index (χ2v) is 6.02. The van der Waals surface area contributed by atoms with Gasteiger partial charge in [-0.2, -0.15) is 0 Å². The van der Waals surface area contributed by atoms with Crippen molar-refractivity contribution in [1.29, 1.82) is 0 Å². The van der Waals surface area contributed by atoms with Crippen molar-refractivity contribution in [1.82, 2.24) is 5.32 Å². The number of methoxy groups -OCH3 is 1. The third-order valence-corrected chi connectivity index (χ3v) is 3.91. The quantitative estimate of drug-likeness (QED) is 0.638. The molecule has 1 aromatic rings. The molecule has 0 radical (unpaired) electrons. The van der Waals surface area contributed by atoms with Crippen LogP contribution in [-0.4, -0.2) is 33.4 Å². The van der Waals surface area contributed by atoms with Gasteiger partial charge in [-0.05, 0) is 43.7 Å². The predicted octanol–water partition coefficient (Wildman–Crippen LogP) is 4.15. The molecule has 0 bridgehead atoms. The lowest BCUT2D eigenvalue weighted by Crippen LogP contribution is -2.30. The summed E-state index contributed by atoms with van der Waals surface area (Å²) in [6.07, 6.45) is 3.07.